The number of allylic oxidation sites excluding steroid dienone is 2. The van der Waals surface area contributed by atoms with Crippen LogP contribution in [0.15, 0.2) is 65.3 Å². The van der Waals surface area contributed by atoms with Crippen molar-refractivity contribution in [2.75, 3.05) is 0 Å². The van der Waals surface area contributed by atoms with E-state index in [4.69, 9.17) is 14.1 Å². The highest BCUT2D eigenvalue weighted by atomic mass is 16.5. The molecule has 0 aliphatic rings. The number of benzene rings is 2. The number of hydrogen-bond donors (Lipinski definition) is 0. The van der Waals surface area contributed by atoms with Gasteiger partial charge in [0, 0.05) is 11.8 Å². The summed E-state index contributed by atoms with van der Waals surface area (Å²) >= 11 is 0. The van der Waals surface area contributed by atoms with Gasteiger partial charge in [0.2, 0.25) is 5.89 Å². The number of oxazole rings is 1. The fraction of sp³-hybridized carbons (Fsp3) is 0.269. The van der Waals surface area contributed by atoms with Crippen LogP contribution in [0, 0.1) is 13.8 Å². The lowest BCUT2D eigenvalue weighted by atomic mass is 10.0. The molecule has 1 atom stereocenters. The lowest BCUT2D eigenvalue weighted by molar-refractivity contribution is 0.220. The summed E-state index contributed by atoms with van der Waals surface area (Å²) in [6.45, 7) is 10.8. The van der Waals surface area contributed by atoms with Gasteiger partial charge in [0.1, 0.15) is 23.3 Å². The van der Waals surface area contributed by atoms with E-state index in [-0.39, 0.29) is 6.10 Å². The minimum Gasteiger partial charge on any atom is -0.484 e. The van der Waals surface area contributed by atoms with Crippen LogP contribution in [0.1, 0.15) is 60.9 Å². The first-order valence-electron chi connectivity index (χ1n) is 10.7. The quantitative estimate of drug-likeness (QED) is 0.360. The summed E-state index contributed by atoms with van der Waals surface area (Å²) in [5, 5.41) is 7.83. The summed E-state index contributed by atoms with van der Waals surface area (Å²) in [5.74, 6) is 2.19. The second-order valence-electron chi connectivity index (χ2n) is 8.08. The first-order chi connectivity index (χ1) is 15.4. The monoisotopic (exact) mass is 428 g/mol. The molecule has 0 aliphatic heterocycles. The third-order valence-corrected chi connectivity index (χ3v) is 5.64. The molecule has 4 aromatic rings. The number of aromatic nitrogens is 4. The van der Waals surface area contributed by atoms with Crippen molar-refractivity contribution in [2.24, 2.45) is 0 Å². The number of nitrogens with zero attached hydrogens (tertiary/aromatic N) is 4. The number of hydrogen-bond acceptors (Lipinski definition) is 5. The second-order valence-corrected chi connectivity index (χ2v) is 8.08. The predicted octanol–water partition coefficient (Wildman–Crippen LogP) is 6.02. The van der Waals surface area contributed by atoms with Crippen LogP contribution in [0.3, 0.4) is 0 Å². The Hall–Kier alpha value is -3.67. The fourth-order valence-electron chi connectivity index (χ4n) is 3.56. The van der Waals surface area contributed by atoms with Crippen LogP contribution in [0.4, 0.5) is 0 Å². The lowest BCUT2D eigenvalue weighted by Gasteiger charge is -2.13. The van der Waals surface area contributed by atoms with Crippen molar-refractivity contribution >= 4 is 11.1 Å². The van der Waals surface area contributed by atoms with E-state index < -0.39 is 0 Å². The fourth-order valence-corrected chi connectivity index (χ4v) is 3.56. The summed E-state index contributed by atoms with van der Waals surface area (Å²) in [5.41, 5.74) is 6.51. The van der Waals surface area contributed by atoms with Gasteiger partial charge in [0.25, 0.3) is 0 Å². The summed E-state index contributed by atoms with van der Waals surface area (Å²) in [6.07, 6.45) is 3.28. The van der Waals surface area contributed by atoms with Crippen molar-refractivity contribution in [3.05, 3.63) is 95.0 Å². The number of rotatable bonds is 7. The molecule has 2 aromatic carbocycles. The average molecular weight is 429 g/mol. The van der Waals surface area contributed by atoms with E-state index in [2.05, 4.69) is 48.4 Å². The van der Waals surface area contributed by atoms with Crippen LogP contribution in [-0.4, -0.2) is 20.0 Å². The van der Waals surface area contributed by atoms with Gasteiger partial charge in [-0.2, -0.15) is 0 Å². The van der Waals surface area contributed by atoms with Crippen molar-refractivity contribution in [3.8, 4) is 5.75 Å². The molecule has 2 aromatic heterocycles. The topological polar surface area (TPSA) is 66.0 Å². The van der Waals surface area contributed by atoms with E-state index in [9.17, 15) is 0 Å². The van der Waals surface area contributed by atoms with Gasteiger partial charge >= 0.3 is 0 Å². The predicted molar refractivity (Wildman–Crippen MR) is 125 cm³/mol. The van der Waals surface area contributed by atoms with E-state index in [1.807, 2.05) is 51.2 Å². The summed E-state index contributed by atoms with van der Waals surface area (Å²) in [6, 6.07) is 16.5. The Bertz CT molecular complexity index is 1200. The molecule has 0 bridgehead atoms. The lowest BCUT2D eigenvalue weighted by Crippen LogP contribution is -2.06. The van der Waals surface area contributed by atoms with E-state index in [1.54, 1.807) is 10.9 Å². The zero-order valence-electron chi connectivity index (χ0n) is 19.2. The maximum absolute atomic E-state index is 6.15. The SMILES string of the molecule is C/C(=C(/C)c1nc(C(C)Oc2ccc(Cn3ccnn3)cc2)c(C)o1)c1ccc(C)cc1. The van der Waals surface area contributed by atoms with Gasteiger partial charge in [-0.25, -0.2) is 9.67 Å². The molecule has 164 valence electrons. The maximum atomic E-state index is 6.15. The molecule has 0 radical (unpaired) electrons. The molecule has 0 saturated carbocycles. The smallest absolute Gasteiger partial charge is 0.222 e. The van der Waals surface area contributed by atoms with E-state index >= 15 is 0 Å². The van der Waals surface area contributed by atoms with Crippen LogP contribution >= 0.6 is 0 Å². The zero-order chi connectivity index (χ0) is 22.7. The molecule has 0 amide bonds. The molecule has 0 spiro atoms. The normalized spacial score (nSPS) is 13.0. The molecule has 0 aliphatic carbocycles. The van der Waals surface area contributed by atoms with Crippen molar-refractivity contribution < 1.29 is 9.15 Å². The maximum Gasteiger partial charge on any atom is 0.222 e. The van der Waals surface area contributed by atoms with Crippen molar-refractivity contribution in [2.45, 2.75) is 47.3 Å². The Morgan fingerprint density at radius 1 is 1.00 bits per heavy atom. The number of ether oxygens (including phenoxy) is 1. The first-order valence-corrected chi connectivity index (χ1v) is 10.7. The largest absolute Gasteiger partial charge is 0.484 e. The van der Waals surface area contributed by atoms with Gasteiger partial charge in [-0.1, -0.05) is 47.2 Å². The second kappa shape index (κ2) is 9.22. The molecule has 2 heterocycles. The van der Waals surface area contributed by atoms with Crippen LogP contribution < -0.4 is 4.74 Å². The Kier molecular flexibility index (Phi) is 6.21. The third-order valence-electron chi connectivity index (χ3n) is 5.64. The summed E-state index contributed by atoms with van der Waals surface area (Å²) in [7, 11) is 0. The highest BCUT2D eigenvalue weighted by molar-refractivity contribution is 5.86. The third kappa shape index (κ3) is 4.80. The van der Waals surface area contributed by atoms with Gasteiger partial charge in [-0.3, -0.25) is 0 Å². The van der Waals surface area contributed by atoms with Gasteiger partial charge < -0.3 is 9.15 Å². The molecule has 0 saturated heterocycles. The number of aryl methyl sites for hydroxylation is 2. The van der Waals surface area contributed by atoms with Crippen molar-refractivity contribution in [1.29, 1.82) is 0 Å². The zero-order valence-corrected chi connectivity index (χ0v) is 19.2. The summed E-state index contributed by atoms with van der Waals surface area (Å²) in [4.78, 5) is 4.77. The average Bonchev–Trinajstić information content (AvgIpc) is 3.44. The molecule has 6 heteroatoms. The van der Waals surface area contributed by atoms with Gasteiger partial charge in [0.15, 0.2) is 0 Å². The van der Waals surface area contributed by atoms with Gasteiger partial charge in [0.05, 0.1) is 12.7 Å². The molecule has 4 rings (SSSR count). The molecule has 0 fully saturated rings. The molecular formula is C26H28N4O2. The Balaban J connectivity index is 1.48. The Morgan fingerprint density at radius 3 is 2.38 bits per heavy atom. The molecule has 0 N–H and O–H groups in total. The Morgan fingerprint density at radius 2 is 1.72 bits per heavy atom. The van der Waals surface area contributed by atoms with Gasteiger partial charge in [-0.15, -0.1) is 5.10 Å². The van der Waals surface area contributed by atoms with Crippen LogP contribution in [0.25, 0.3) is 11.1 Å². The highest BCUT2D eigenvalue weighted by Crippen LogP contribution is 2.30. The van der Waals surface area contributed by atoms with Crippen LogP contribution in [0.2, 0.25) is 0 Å². The highest BCUT2D eigenvalue weighted by Gasteiger charge is 2.19. The van der Waals surface area contributed by atoms with E-state index in [0.717, 1.165) is 33.9 Å². The Labute approximate surface area is 188 Å². The van der Waals surface area contributed by atoms with E-state index in [1.165, 1.54) is 11.1 Å². The van der Waals surface area contributed by atoms with Crippen molar-refractivity contribution in [3.63, 3.8) is 0 Å². The van der Waals surface area contributed by atoms with Gasteiger partial charge in [-0.05, 0) is 63.5 Å². The minimum atomic E-state index is -0.235. The molecule has 6 nitrogen and oxygen atoms in total. The van der Waals surface area contributed by atoms with Crippen LogP contribution in [0.5, 0.6) is 5.75 Å². The van der Waals surface area contributed by atoms with E-state index in [0.29, 0.717) is 12.4 Å². The molecule has 1 unspecified atom stereocenters. The molecular weight excluding hydrogens is 400 g/mol. The van der Waals surface area contributed by atoms with Crippen molar-refractivity contribution in [1.82, 2.24) is 20.0 Å². The van der Waals surface area contributed by atoms with Crippen LogP contribution in [-0.2, 0) is 6.54 Å². The first kappa shape index (κ1) is 21.6. The molecule has 32 heavy (non-hydrogen) atoms. The minimum absolute atomic E-state index is 0.235. The standard InChI is InChI=1S/C26H28N4O2/c1-17-6-10-23(11-7-17)18(2)19(3)26-28-25(21(5)32-26)20(4)31-24-12-8-22(9-13-24)16-30-15-14-27-29-30/h6-15,20H,16H2,1-5H3/b19-18+. The summed E-state index contributed by atoms with van der Waals surface area (Å²) < 4.78 is 13.9.